The minimum absolute atomic E-state index is 0.0933. The summed E-state index contributed by atoms with van der Waals surface area (Å²) in [5.41, 5.74) is 1.36. The van der Waals surface area contributed by atoms with Crippen molar-refractivity contribution in [1.29, 1.82) is 0 Å². The van der Waals surface area contributed by atoms with Gasteiger partial charge in [0.2, 0.25) is 0 Å². The number of rotatable bonds is 5. The molecule has 2 rings (SSSR count). The molecule has 1 saturated heterocycles. The molecule has 1 fully saturated rings. The number of carbonyl (C=O) groups is 1. The van der Waals surface area contributed by atoms with Crippen molar-refractivity contribution in [3.8, 4) is 0 Å². The Morgan fingerprint density at radius 1 is 1.32 bits per heavy atom. The topological polar surface area (TPSA) is 47.6 Å². The molecular formula is C17H28N4O. The minimum Gasteiger partial charge on any atom is -0.341 e. The molecule has 22 heavy (non-hydrogen) atoms. The fourth-order valence-corrected chi connectivity index (χ4v) is 3.17. The van der Waals surface area contributed by atoms with Crippen LogP contribution in [0.2, 0.25) is 0 Å². The fraction of sp³-hybridized carbons (Fsp3) is 0.588. The second-order valence-electron chi connectivity index (χ2n) is 6.26. The number of hydrogen-bond donors (Lipinski definition) is 2. The van der Waals surface area contributed by atoms with Gasteiger partial charge in [-0.15, -0.1) is 0 Å². The van der Waals surface area contributed by atoms with Crippen molar-refractivity contribution in [2.75, 3.05) is 40.8 Å². The smallest absolute Gasteiger partial charge is 0.314 e. The van der Waals surface area contributed by atoms with Gasteiger partial charge in [0.15, 0.2) is 0 Å². The Balaban J connectivity index is 1.91. The van der Waals surface area contributed by atoms with Crippen LogP contribution in [0.25, 0.3) is 0 Å². The number of nitrogens with zero attached hydrogens (tertiary/aromatic N) is 2. The molecule has 1 aliphatic heterocycles. The van der Waals surface area contributed by atoms with Crippen molar-refractivity contribution in [3.05, 3.63) is 35.9 Å². The van der Waals surface area contributed by atoms with Gasteiger partial charge in [-0.2, -0.15) is 0 Å². The van der Waals surface area contributed by atoms with Gasteiger partial charge in [-0.1, -0.05) is 30.3 Å². The Morgan fingerprint density at radius 2 is 2.05 bits per heavy atom. The number of likely N-dealkylation sites (N-methyl/N-ethyl adjacent to an activating group) is 1. The molecule has 2 amide bonds. The molecule has 5 heteroatoms. The molecule has 0 unspecified atom stereocenters. The highest BCUT2D eigenvalue weighted by atomic mass is 16.2. The van der Waals surface area contributed by atoms with Crippen LogP contribution in [0.5, 0.6) is 0 Å². The van der Waals surface area contributed by atoms with E-state index in [-0.39, 0.29) is 6.03 Å². The summed E-state index contributed by atoms with van der Waals surface area (Å²) in [5.74, 6) is 0.499. The molecule has 1 aromatic rings. The van der Waals surface area contributed by atoms with Crippen LogP contribution in [0.4, 0.5) is 4.79 Å². The SMILES string of the molecule is CNC(=O)NC[C@H]1CCN(Cc2ccccc2)C[C@H]1N(C)C. The molecule has 2 N–H and O–H groups in total. The van der Waals surface area contributed by atoms with Crippen LogP contribution < -0.4 is 10.6 Å². The van der Waals surface area contributed by atoms with Crippen molar-refractivity contribution in [2.45, 2.75) is 19.0 Å². The molecule has 1 aliphatic rings. The molecule has 0 bridgehead atoms. The van der Waals surface area contributed by atoms with E-state index in [0.717, 1.165) is 32.6 Å². The van der Waals surface area contributed by atoms with Gasteiger partial charge >= 0.3 is 6.03 Å². The van der Waals surface area contributed by atoms with Crippen LogP contribution in [0, 0.1) is 5.92 Å². The van der Waals surface area contributed by atoms with Gasteiger partial charge in [0.25, 0.3) is 0 Å². The first-order chi connectivity index (χ1) is 10.6. The zero-order chi connectivity index (χ0) is 15.9. The van der Waals surface area contributed by atoms with Crippen molar-refractivity contribution < 1.29 is 4.79 Å². The molecule has 5 nitrogen and oxygen atoms in total. The molecule has 1 heterocycles. The lowest BCUT2D eigenvalue weighted by Gasteiger charge is -2.42. The van der Waals surface area contributed by atoms with Gasteiger partial charge in [-0.05, 0) is 38.5 Å². The molecule has 122 valence electrons. The van der Waals surface area contributed by atoms with E-state index in [1.54, 1.807) is 7.05 Å². The van der Waals surface area contributed by atoms with Gasteiger partial charge in [0.05, 0.1) is 0 Å². The first kappa shape index (κ1) is 16.8. The van der Waals surface area contributed by atoms with E-state index in [1.165, 1.54) is 5.56 Å². The minimum atomic E-state index is -0.0933. The Morgan fingerprint density at radius 3 is 2.68 bits per heavy atom. The molecule has 1 aromatic carbocycles. The number of likely N-dealkylation sites (tertiary alicyclic amines) is 1. The first-order valence-corrected chi connectivity index (χ1v) is 7.98. The number of nitrogens with one attached hydrogen (secondary N) is 2. The molecule has 0 saturated carbocycles. The largest absolute Gasteiger partial charge is 0.341 e. The number of benzene rings is 1. The molecule has 2 atom stereocenters. The van der Waals surface area contributed by atoms with Gasteiger partial charge < -0.3 is 15.5 Å². The van der Waals surface area contributed by atoms with E-state index in [4.69, 9.17) is 0 Å². The summed E-state index contributed by atoms with van der Waals surface area (Å²) in [5, 5.41) is 5.57. The first-order valence-electron chi connectivity index (χ1n) is 7.98. The van der Waals surface area contributed by atoms with Gasteiger partial charge in [-0.25, -0.2) is 4.79 Å². The number of hydrogen-bond acceptors (Lipinski definition) is 3. The number of amides is 2. The summed E-state index contributed by atoms with van der Waals surface area (Å²) in [7, 11) is 5.91. The summed E-state index contributed by atoms with van der Waals surface area (Å²) in [6.45, 7) is 3.86. The summed E-state index contributed by atoms with van der Waals surface area (Å²) in [6, 6.07) is 11.0. The van der Waals surface area contributed by atoms with Crippen molar-refractivity contribution in [3.63, 3.8) is 0 Å². The van der Waals surface area contributed by atoms with Crippen LogP contribution in [0.3, 0.4) is 0 Å². The third-order valence-electron chi connectivity index (χ3n) is 4.47. The van der Waals surface area contributed by atoms with E-state index in [9.17, 15) is 4.79 Å². The quantitative estimate of drug-likeness (QED) is 0.864. The highest BCUT2D eigenvalue weighted by Gasteiger charge is 2.30. The Labute approximate surface area is 133 Å². The van der Waals surface area contributed by atoms with Crippen LogP contribution in [-0.4, -0.2) is 62.7 Å². The summed E-state index contributed by atoms with van der Waals surface area (Å²) >= 11 is 0. The van der Waals surface area contributed by atoms with Crippen LogP contribution in [0.15, 0.2) is 30.3 Å². The number of carbonyl (C=O) groups excluding carboxylic acids is 1. The lowest BCUT2D eigenvalue weighted by Crippen LogP contribution is -2.53. The number of piperidine rings is 1. The van der Waals surface area contributed by atoms with Crippen molar-refractivity contribution >= 4 is 6.03 Å². The van der Waals surface area contributed by atoms with Gasteiger partial charge in [0, 0.05) is 32.7 Å². The standard InChI is InChI=1S/C17H28N4O/c1-18-17(22)19-11-15-9-10-21(13-16(15)20(2)3)12-14-7-5-4-6-8-14/h4-8,15-16H,9-13H2,1-3H3,(H2,18,19,22)/t15-,16-/m1/s1. The van der Waals surface area contributed by atoms with Crippen molar-refractivity contribution in [1.82, 2.24) is 20.4 Å². The average molecular weight is 304 g/mol. The molecule has 0 aliphatic carbocycles. The monoisotopic (exact) mass is 304 g/mol. The van der Waals surface area contributed by atoms with Gasteiger partial charge in [-0.3, -0.25) is 4.90 Å². The molecule has 0 radical (unpaired) electrons. The maximum atomic E-state index is 11.4. The zero-order valence-corrected chi connectivity index (χ0v) is 13.9. The third-order valence-corrected chi connectivity index (χ3v) is 4.47. The lowest BCUT2D eigenvalue weighted by molar-refractivity contribution is 0.0782. The molecule has 0 aromatic heterocycles. The Hall–Kier alpha value is -1.59. The molecule has 0 spiro atoms. The highest BCUT2D eigenvalue weighted by Crippen LogP contribution is 2.22. The second kappa shape index (κ2) is 8.15. The van der Waals surface area contributed by atoms with E-state index in [1.807, 2.05) is 0 Å². The Bertz CT molecular complexity index is 463. The zero-order valence-electron chi connectivity index (χ0n) is 13.9. The fourth-order valence-electron chi connectivity index (χ4n) is 3.17. The third kappa shape index (κ3) is 4.71. The van der Waals surface area contributed by atoms with Crippen molar-refractivity contribution in [2.24, 2.45) is 5.92 Å². The van der Waals surface area contributed by atoms with Gasteiger partial charge in [0.1, 0.15) is 0 Å². The molecular weight excluding hydrogens is 276 g/mol. The van der Waals surface area contributed by atoms with Crippen LogP contribution in [0.1, 0.15) is 12.0 Å². The lowest BCUT2D eigenvalue weighted by atomic mass is 9.90. The Kier molecular flexibility index (Phi) is 6.21. The van der Waals surface area contributed by atoms with E-state index in [0.29, 0.717) is 12.0 Å². The second-order valence-corrected chi connectivity index (χ2v) is 6.26. The maximum absolute atomic E-state index is 11.4. The predicted molar refractivity (Wildman–Crippen MR) is 89.8 cm³/mol. The summed E-state index contributed by atoms with van der Waals surface area (Å²) in [6.07, 6.45) is 1.11. The summed E-state index contributed by atoms with van der Waals surface area (Å²) in [4.78, 5) is 16.2. The predicted octanol–water partition coefficient (Wildman–Crippen LogP) is 1.37. The van der Waals surface area contributed by atoms with E-state index >= 15 is 0 Å². The maximum Gasteiger partial charge on any atom is 0.314 e. The van der Waals surface area contributed by atoms with Crippen LogP contribution >= 0.6 is 0 Å². The summed E-state index contributed by atoms with van der Waals surface area (Å²) < 4.78 is 0. The average Bonchev–Trinajstić information content (AvgIpc) is 2.54. The van der Waals surface area contributed by atoms with Crippen LogP contribution in [-0.2, 0) is 6.54 Å². The normalized spacial score (nSPS) is 22.5. The highest BCUT2D eigenvalue weighted by molar-refractivity contribution is 5.73. The number of urea groups is 1. The van der Waals surface area contributed by atoms with E-state index < -0.39 is 0 Å². The van der Waals surface area contributed by atoms with E-state index in [2.05, 4.69) is 64.9 Å².